The molecule has 0 radical (unpaired) electrons. The van der Waals surface area contributed by atoms with Crippen LogP contribution in [0.1, 0.15) is 34.1 Å². The van der Waals surface area contributed by atoms with Crippen LogP contribution in [0.2, 0.25) is 0 Å². The number of rotatable bonds is 7. The Balaban J connectivity index is 3.80. The van der Waals surface area contributed by atoms with Gasteiger partial charge >= 0.3 is 0 Å². The van der Waals surface area contributed by atoms with Gasteiger partial charge in [0.25, 0.3) is 0 Å². The molecule has 1 unspecified atom stereocenters. The number of hydrogen-bond donors (Lipinski definition) is 1. The predicted molar refractivity (Wildman–Crippen MR) is 60.1 cm³/mol. The van der Waals surface area contributed by atoms with Crippen LogP contribution in [0.3, 0.4) is 0 Å². The highest BCUT2D eigenvalue weighted by Crippen LogP contribution is 2.07. The highest BCUT2D eigenvalue weighted by atomic mass is 15.1. The van der Waals surface area contributed by atoms with Crippen molar-refractivity contribution in [3.8, 4) is 0 Å². The second-order valence-corrected chi connectivity index (χ2v) is 4.09. The van der Waals surface area contributed by atoms with Gasteiger partial charge in [-0.2, -0.15) is 0 Å². The van der Waals surface area contributed by atoms with Crippen LogP contribution < -0.4 is 5.32 Å². The Kier molecular flexibility index (Phi) is 7.29. The van der Waals surface area contributed by atoms with E-state index in [4.69, 9.17) is 0 Å². The van der Waals surface area contributed by atoms with Crippen LogP contribution in [0.5, 0.6) is 0 Å². The molecule has 0 aromatic heterocycles. The molecule has 1 atom stereocenters. The quantitative estimate of drug-likeness (QED) is 0.612. The van der Waals surface area contributed by atoms with E-state index >= 15 is 0 Å². The monoisotopic (exact) mass is 186 g/mol. The van der Waals surface area contributed by atoms with Crippen LogP contribution in [0.4, 0.5) is 0 Å². The molecule has 1 N–H and O–H groups in total. The molecule has 0 bridgehead atoms. The molecule has 0 saturated heterocycles. The van der Waals surface area contributed by atoms with Crippen molar-refractivity contribution in [1.29, 1.82) is 0 Å². The van der Waals surface area contributed by atoms with E-state index in [0.717, 1.165) is 25.6 Å². The maximum absolute atomic E-state index is 3.49. The molecule has 0 saturated carbocycles. The Morgan fingerprint density at radius 1 is 1.23 bits per heavy atom. The second-order valence-electron chi connectivity index (χ2n) is 4.09. The van der Waals surface area contributed by atoms with Gasteiger partial charge in [0.15, 0.2) is 0 Å². The third-order valence-corrected chi connectivity index (χ3v) is 2.61. The Hall–Kier alpha value is -0.0800. The zero-order chi connectivity index (χ0) is 10.3. The van der Waals surface area contributed by atoms with Gasteiger partial charge in [-0.15, -0.1) is 0 Å². The van der Waals surface area contributed by atoms with Crippen molar-refractivity contribution in [1.82, 2.24) is 10.2 Å². The summed E-state index contributed by atoms with van der Waals surface area (Å²) in [6.45, 7) is 12.4. The lowest BCUT2D eigenvalue weighted by Gasteiger charge is -2.30. The molecular formula is C11H26N2. The van der Waals surface area contributed by atoms with Crippen molar-refractivity contribution in [3.63, 3.8) is 0 Å². The van der Waals surface area contributed by atoms with E-state index in [1.165, 1.54) is 6.42 Å². The Bertz CT molecular complexity index is 113. The van der Waals surface area contributed by atoms with Crippen molar-refractivity contribution in [2.45, 2.75) is 40.2 Å². The summed E-state index contributed by atoms with van der Waals surface area (Å²) >= 11 is 0. The van der Waals surface area contributed by atoms with Gasteiger partial charge in [0.2, 0.25) is 0 Å². The first-order chi connectivity index (χ1) is 6.13. The maximum atomic E-state index is 3.49. The summed E-state index contributed by atoms with van der Waals surface area (Å²) in [5, 5.41) is 3.49. The summed E-state index contributed by atoms with van der Waals surface area (Å²) in [7, 11) is 2.21. The fourth-order valence-corrected chi connectivity index (χ4v) is 1.56. The predicted octanol–water partition coefficient (Wildman–Crippen LogP) is 1.96. The van der Waals surface area contributed by atoms with Crippen molar-refractivity contribution < 1.29 is 0 Å². The molecule has 0 amide bonds. The normalized spacial score (nSPS) is 14.1. The van der Waals surface area contributed by atoms with Crippen LogP contribution >= 0.6 is 0 Å². The zero-order valence-electron chi connectivity index (χ0n) is 9.93. The molecule has 0 aliphatic heterocycles. The van der Waals surface area contributed by atoms with Crippen molar-refractivity contribution in [2.24, 2.45) is 5.92 Å². The van der Waals surface area contributed by atoms with Gasteiger partial charge in [0.1, 0.15) is 0 Å². The fourth-order valence-electron chi connectivity index (χ4n) is 1.56. The van der Waals surface area contributed by atoms with E-state index < -0.39 is 0 Å². The fraction of sp³-hybridized carbons (Fsp3) is 1.00. The van der Waals surface area contributed by atoms with Crippen LogP contribution in [0, 0.1) is 5.92 Å². The Morgan fingerprint density at radius 3 is 2.23 bits per heavy atom. The van der Waals surface area contributed by atoms with Gasteiger partial charge in [-0.1, -0.05) is 27.7 Å². The Labute approximate surface area is 83.7 Å². The Morgan fingerprint density at radius 2 is 1.85 bits per heavy atom. The average molecular weight is 186 g/mol. The molecule has 2 nitrogen and oxygen atoms in total. The van der Waals surface area contributed by atoms with Gasteiger partial charge in [0, 0.05) is 12.6 Å². The van der Waals surface area contributed by atoms with E-state index in [0.29, 0.717) is 6.04 Å². The molecule has 80 valence electrons. The van der Waals surface area contributed by atoms with Crippen molar-refractivity contribution in [3.05, 3.63) is 0 Å². The van der Waals surface area contributed by atoms with Crippen molar-refractivity contribution in [2.75, 3.05) is 26.7 Å². The summed E-state index contributed by atoms with van der Waals surface area (Å²) in [6, 6.07) is 0.677. The minimum atomic E-state index is 0.677. The first-order valence-electron chi connectivity index (χ1n) is 5.54. The van der Waals surface area contributed by atoms with Crippen molar-refractivity contribution >= 4 is 0 Å². The number of nitrogens with zero attached hydrogens (tertiary/aromatic N) is 1. The molecule has 0 rings (SSSR count). The zero-order valence-corrected chi connectivity index (χ0v) is 9.93. The average Bonchev–Trinajstić information content (AvgIpc) is 2.11. The molecule has 0 heterocycles. The molecule has 0 aliphatic carbocycles. The van der Waals surface area contributed by atoms with E-state index in [1.54, 1.807) is 0 Å². The van der Waals surface area contributed by atoms with Gasteiger partial charge in [0.05, 0.1) is 0 Å². The summed E-state index contributed by atoms with van der Waals surface area (Å²) in [5.41, 5.74) is 0. The summed E-state index contributed by atoms with van der Waals surface area (Å²) in [5.74, 6) is 0.731. The first-order valence-corrected chi connectivity index (χ1v) is 5.54. The van der Waals surface area contributed by atoms with E-state index in [2.05, 4.69) is 45.0 Å². The number of hydrogen-bond acceptors (Lipinski definition) is 2. The lowest BCUT2D eigenvalue weighted by Crippen LogP contribution is -2.43. The topological polar surface area (TPSA) is 15.3 Å². The van der Waals surface area contributed by atoms with E-state index in [-0.39, 0.29) is 0 Å². The van der Waals surface area contributed by atoms with Gasteiger partial charge in [-0.25, -0.2) is 0 Å². The highest BCUT2D eigenvalue weighted by Gasteiger charge is 2.16. The standard InChI is InChI=1S/C11H26N2/c1-6-8-12-9-11(10(3)4)13(5)7-2/h10-12H,6-9H2,1-5H3. The second kappa shape index (κ2) is 7.34. The number of nitrogens with one attached hydrogen (secondary N) is 1. The first kappa shape index (κ1) is 12.9. The summed E-state index contributed by atoms with van der Waals surface area (Å²) < 4.78 is 0. The molecule has 0 aromatic carbocycles. The minimum absolute atomic E-state index is 0.677. The third-order valence-electron chi connectivity index (χ3n) is 2.61. The lowest BCUT2D eigenvalue weighted by molar-refractivity contribution is 0.196. The molecule has 13 heavy (non-hydrogen) atoms. The van der Waals surface area contributed by atoms with Gasteiger partial charge in [-0.05, 0) is 32.5 Å². The molecule has 0 fully saturated rings. The SMILES string of the molecule is CCCNCC(C(C)C)N(C)CC. The smallest absolute Gasteiger partial charge is 0.0240 e. The van der Waals surface area contributed by atoms with Crippen LogP contribution in [-0.2, 0) is 0 Å². The minimum Gasteiger partial charge on any atom is -0.315 e. The van der Waals surface area contributed by atoms with Crippen LogP contribution in [-0.4, -0.2) is 37.6 Å². The van der Waals surface area contributed by atoms with Crippen LogP contribution in [0.25, 0.3) is 0 Å². The highest BCUT2D eigenvalue weighted by molar-refractivity contribution is 4.73. The van der Waals surface area contributed by atoms with E-state index in [9.17, 15) is 0 Å². The van der Waals surface area contributed by atoms with E-state index in [1.807, 2.05) is 0 Å². The summed E-state index contributed by atoms with van der Waals surface area (Å²) in [4.78, 5) is 2.42. The summed E-state index contributed by atoms with van der Waals surface area (Å²) in [6.07, 6.45) is 1.22. The number of likely N-dealkylation sites (N-methyl/N-ethyl adjacent to an activating group) is 1. The molecule has 2 heteroatoms. The molecular weight excluding hydrogens is 160 g/mol. The van der Waals surface area contributed by atoms with Gasteiger partial charge < -0.3 is 10.2 Å². The molecule has 0 spiro atoms. The largest absolute Gasteiger partial charge is 0.315 e. The maximum Gasteiger partial charge on any atom is 0.0240 e. The lowest BCUT2D eigenvalue weighted by atomic mass is 10.0. The van der Waals surface area contributed by atoms with Crippen LogP contribution in [0.15, 0.2) is 0 Å². The third kappa shape index (κ3) is 5.27. The molecule has 0 aromatic rings. The van der Waals surface area contributed by atoms with Gasteiger partial charge in [-0.3, -0.25) is 0 Å². The molecule has 0 aliphatic rings.